The largest absolute Gasteiger partial charge is 0.493 e. The Morgan fingerprint density at radius 1 is 1.24 bits per heavy atom. The van der Waals surface area contributed by atoms with Crippen LogP contribution < -0.4 is 14.8 Å². The van der Waals surface area contributed by atoms with E-state index in [4.69, 9.17) is 9.47 Å². The van der Waals surface area contributed by atoms with E-state index < -0.39 is 23.8 Å². The zero-order chi connectivity index (χ0) is 21.0. The van der Waals surface area contributed by atoms with Crippen molar-refractivity contribution < 1.29 is 27.4 Å². The zero-order valence-electron chi connectivity index (χ0n) is 16.4. The summed E-state index contributed by atoms with van der Waals surface area (Å²) in [6.07, 6.45) is -2.41. The number of para-hydroxylation sites is 1. The highest BCUT2D eigenvalue weighted by molar-refractivity contribution is 5.96. The lowest BCUT2D eigenvalue weighted by Crippen LogP contribution is -2.37. The Morgan fingerprint density at radius 3 is 2.48 bits per heavy atom. The summed E-state index contributed by atoms with van der Waals surface area (Å²) < 4.78 is 52.8. The molecular weight excluding hydrogens is 383 g/mol. The molecule has 0 saturated carbocycles. The fourth-order valence-electron chi connectivity index (χ4n) is 3.36. The maximum atomic E-state index is 13.9. The van der Waals surface area contributed by atoms with Gasteiger partial charge in [-0.3, -0.25) is 0 Å². The zero-order valence-corrected chi connectivity index (χ0v) is 16.4. The van der Waals surface area contributed by atoms with Crippen LogP contribution in [0.1, 0.15) is 59.3 Å². The Bertz CT molecular complexity index is 862. The van der Waals surface area contributed by atoms with Crippen LogP contribution in [0.25, 0.3) is 0 Å². The number of carbonyl (C=O) groups excluding carboxylic acids is 1. The van der Waals surface area contributed by atoms with Crippen LogP contribution in [0, 0.1) is 6.92 Å². The second-order valence-electron chi connectivity index (χ2n) is 7.04. The molecule has 1 saturated heterocycles. The molecule has 4 nitrogen and oxygen atoms in total. The smallest absolute Gasteiger partial charge is 0.417 e. The van der Waals surface area contributed by atoms with E-state index in [0.717, 1.165) is 12.8 Å². The summed E-state index contributed by atoms with van der Waals surface area (Å²) in [5, 5.41) is 3.01. The summed E-state index contributed by atoms with van der Waals surface area (Å²) in [4.78, 5) is 12.8. The number of unbranched alkanes of at least 4 members (excludes halogenated alkanes) is 1. The van der Waals surface area contributed by atoms with Gasteiger partial charge in [-0.05, 0) is 55.6 Å². The molecule has 1 unspecified atom stereocenters. The van der Waals surface area contributed by atoms with Crippen LogP contribution in [-0.2, 0) is 6.18 Å². The molecule has 0 aliphatic carbocycles. The van der Waals surface area contributed by atoms with E-state index in [2.05, 4.69) is 5.32 Å². The number of alkyl halides is 3. The van der Waals surface area contributed by atoms with Gasteiger partial charge in [0.05, 0.1) is 12.2 Å². The molecule has 0 radical (unpaired) electrons. The minimum atomic E-state index is -4.60. The molecule has 1 N–H and O–H groups in total. The van der Waals surface area contributed by atoms with E-state index in [1.54, 1.807) is 30.3 Å². The van der Waals surface area contributed by atoms with Gasteiger partial charge in [-0.15, -0.1) is 0 Å². The average molecular weight is 407 g/mol. The van der Waals surface area contributed by atoms with E-state index in [1.807, 2.05) is 6.92 Å². The molecule has 156 valence electrons. The van der Waals surface area contributed by atoms with Gasteiger partial charge in [0.15, 0.2) is 0 Å². The monoisotopic (exact) mass is 407 g/mol. The van der Waals surface area contributed by atoms with Gasteiger partial charge < -0.3 is 14.8 Å². The summed E-state index contributed by atoms with van der Waals surface area (Å²) in [7, 11) is 0. The number of hydrogen-bond acceptors (Lipinski definition) is 4. The standard InChI is InChI=1S/C22H24F3NO3/c1-3-4-12-28-18-13-16(17-10-11-26-17)20(22(23,24)25)14(2)19(18)21(27)29-15-8-6-5-7-9-15/h5-9,13,17,26H,3-4,10-12H2,1-2H3. The van der Waals surface area contributed by atoms with Crippen LogP contribution in [0.2, 0.25) is 0 Å². The third kappa shape index (κ3) is 4.72. The molecule has 0 aromatic heterocycles. The molecule has 1 atom stereocenters. The number of ether oxygens (including phenoxy) is 2. The fourth-order valence-corrected chi connectivity index (χ4v) is 3.36. The highest BCUT2D eigenvalue weighted by Crippen LogP contribution is 2.43. The van der Waals surface area contributed by atoms with Crippen molar-refractivity contribution in [2.24, 2.45) is 0 Å². The number of halogens is 3. The third-order valence-corrected chi connectivity index (χ3v) is 4.97. The van der Waals surface area contributed by atoms with Crippen molar-refractivity contribution >= 4 is 5.97 Å². The first-order chi connectivity index (χ1) is 13.8. The van der Waals surface area contributed by atoms with Gasteiger partial charge in [0.1, 0.15) is 17.1 Å². The van der Waals surface area contributed by atoms with E-state index in [1.165, 1.54) is 13.0 Å². The number of rotatable bonds is 7. The highest BCUT2D eigenvalue weighted by Gasteiger charge is 2.41. The first kappa shape index (κ1) is 21.2. The SMILES string of the molecule is CCCCOc1cc(C2CCN2)c(C(F)(F)F)c(C)c1C(=O)Oc1ccccc1. The van der Waals surface area contributed by atoms with Gasteiger partial charge in [0.25, 0.3) is 0 Å². The molecule has 0 bridgehead atoms. The predicted octanol–water partition coefficient (Wildman–Crippen LogP) is 5.45. The molecule has 1 aliphatic heterocycles. The van der Waals surface area contributed by atoms with Crippen molar-refractivity contribution in [3.05, 3.63) is 58.7 Å². The van der Waals surface area contributed by atoms with Crippen molar-refractivity contribution in [3.8, 4) is 11.5 Å². The number of nitrogens with one attached hydrogen (secondary N) is 1. The van der Waals surface area contributed by atoms with Crippen LogP contribution in [0.4, 0.5) is 13.2 Å². The summed E-state index contributed by atoms with van der Waals surface area (Å²) in [6.45, 7) is 4.25. The van der Waals surface area contributed by atoms with Crippen LogP contribution in [-0.4, -0.2) is 19.1 Å². The number of carbonyl (C=O) groups is 1. The van der Waals surface area contributed by atoms with Crippen molar-refractivity contribution in [3.63, 3.8) is 0 Å². The Hall–Kier alpha value is -2.54. The summed E-state index contributed by atoms with van der Waals surface area (Å²) in [5.41, 5.74) is -1.03. The lowest BCUT2D eigenvalue weighted by Gasteiger charge is -2.32. The topological polar surface area (TPSA) is 47.6 Å². The Morgan fingerprint density at radius 2 is 1.93 bits per heavy atom. The number of benzene rings is 2. The number of esters is 1. The van der Waals surface area contributed by atoms with Gasteiger partial charge in [-0.25, -0.2) is 4.79 Å². The van der Waals surface area contributed by atoms with Crippen LogP contribution in [0.5, 0.6) is 11.5 Å². The lowest BCUT2D eigenvalue weighted by atomic mass is 9.87. The molecule has 0 amide bonds. The van der Waals surface area contributed by atoms with Crippen molar-refractivity contribution in [1.82, 2.24) is 5.32 Å². The molecule has 2 aromatic carbocycles. The van der Waals surface area contributed by atoms with Gasteiger partial charge in [-0.2, -0.15) is 13.2 Å². The van der Waals surface area contributed by atoms with E-state index >= 15 is 0 Å². The minimum absolute atomic E-state index is 0.115. The first-order valence-corrected chi connectivity index (χ1v) is 9.71. The third-order valence-electron chi connectivity index (χ3n) is 4.97. The van der Waals surface area contributed by atoms with Gasteiger partial charge >= 0.3 is 12.1 Å². The molecule has 0 spiro atoms. The Balaban J connectivity index is 2.08. The molecule has 1 heterocycles. The molecule has 29 heavy (non-hydrogen) atoms. The van der Waals surface area contributed by atoms with Crippen molar-refractivity contribution in [1.29, 1.82) is 0 Å². The van der Waals surface area contributed by atoms with Gasteiger partial charge in [0, 0.05) is 6.04 Å². The molecule has 2 aromatic rings. The Labute approximate surface area is 168 Å². The van der Waals surface area contributed by atoms with Crippen LogP contribution >= 0.6 is 0 Å². The minimum Gasteiger partial charge on any atom is -0.493 e. The van der Waals surface area contributed by atoms with Crippen molar-refractivity contribution in [2.75, 3.05) is 13.2 Å². The second-order valence-corrected chi connectivity index (χ2v) is 7.04. The van der Waals surface area contributed by atoms with Crippen molar-refractivity contribution in [2.45, 2.75) is 45.3 Å². The van der Waals surface area contributed by atoms with E-state index in [9.17, 15) is 18.0 Å². The number of hydrogen-bond donors (Lipinski definition) is 1. The quantitative estimate of drug-likeness (QED) is 0.377. The fraction of sp³-hybridized carbons (Fsp3) is 0.409. The molecule has 7 heteroatoms. The van der Waals surface area contributed by atoms with Gasteiger partial charge in [0.2, 0.25) is 0 Å². The molecule has 1 aliphatic rings. The average Bonchev–Trinajstić information content (AvgIpc) is 2.60. The van der Waals surface area contributed by atoms with E-state index in [0.29, 0.717) is 19.6 Å². The predicted molar refractivity (Wildman–Crippen MR) is 103 cm³/mol. The first-order valence-electron chi connectivity index (χ1n) is 9.71. The second kappa shape index (κ2) is 8.86. The maximum Gasteiger partial charge on any atom is 0.417 e. The summed E-state index contributed by atoms with van der Waals surface area (Å²) in [6, 6.07) is 9.21. The van der Waals surface area contributed by atoms with Gasteiger partial charge in [-0.1, -0.05) is 31.5 Å². The normalized spacial score (nSPS) is 16.2. The van der Waals surface area contributed by atoms with E-state index in [-0.39, 0.29) is 28.2 Å². The molecule has 1 fully saturated rings. The molecular formula is C22H24F3NO3. The lowest BCUT2D eigenvalue weighted by molar-refractivity contribution is -0.139. The highest BCUT2D eigenvalue weighted by atomic mass is 19.4. The summed E-state index contributed by atoms with van der Waals surface area (Å²) >= 11 is 0. The van der Waals surface area contributed by atoms with Crippen LogP contribution in [0.3, 0.4) is 0 Å². The maximum absolute atomic E-state index is 13.9. The summed E-state index contributed by atoms with van der Waals surface area (Å²) in [5.74, 6) is -0.470. The van der Waals surface area contributed by atoms with Crippen LogP contribution in [0.15, 0.2) is 36.4 Å². The molecule has 3 rings (SSSR count). The Kier molecular flexibility index (Phi) is 6.47.